The second-order valence-electron chi connectivity index (χ2n) is 4.80. The first-order valence-corrected chi connectivity index (χ1v) is 8.27. The normalized spacial score (nSPS) is 10.9. The maximum atomic E-state index is 13.4. The molecule has 2 rings (SSSR count). The molecule has 0 aliphatic carbocycles. The Hall–Kier alpha value is -2.78. The Morgan fingerprint density at radius 2 is 1.62 bits per heavy atom. The lowest BCUT2D eigenvalue weighted by Crippen LogP contribution is -2.35. The van der Waals surface area contributed by atoms with E-state index in [1.54, 1.807) is 6.07 Å². The first kappa shape index (κ1) is 17.6. The van der Waals surface area contributed by atoms with Crippen molar-refractivity contribution in [2.24, 2.45) is 5.14 Å². The maximum Gasteiger partial charge on any atom is 0.313 e. The molecule has 2 amide bonds. The number of nitrogens with one attached hydrogen (secondary N) is 2. The largest absolute Gasteiger partial charge is 0.344 e. The summed E-state index contributed by atoms with van der Waals surface area (Å²) in [4.78, 5) is 23.3. The summed E-state index contributed by atoms with van der Waals surface area (Å²) in [6.07, 6.45) is 0. The third-order valence-electron chi connectivity index (χ3n) is 3.04. The van der Waals surface area contributed by atoms with Gasteiger partial charge in [0.05, 0.1) is 4.90 Å². The monoisotopic (exact) mass is 351 g/mol. The highest BCUT2D eigenvalue weighted by molar-refractivity contribution is 7.89. The van der Waals surface area contributed by atoms with Gasteiger partial charge in [-0.2, -0.15) is 0 Å². The van der Waals surface area contributed by atoms with E-state index in [2.05, 4.69) is 10.6 Å². The van der Waals surface area contributed by atoms with E-state index >= 15 is 0 Å². The van der Waals surface area contributed by atoms with E-state index in [1.165, 1.54) is 42.5 Å². The number of benzene rings is 2. The molecule has 2 aromatic rings. The van der Waals surface area contributed by atoms with Gasteiger partial charge in [-0.25, -0.2) is 17.9 Å². The zero-order valence-electron chi connectivity index (χ0n) is 12.3. The summed E-state index contributed by atoms with van der Waals surface area (Å²) in [5.41, 5.74) is 0.463. The molecule has 0 spiro atoms. The number of sulfonamides is 1. The Morgan fingerprint density at radius 3 is 2.21 bits per heavy atom. The van der Waals surface area contributed by atoms with E-state index in [4.69, 9.17) is 5.14 Å². The van der Waals surface area contributed by atoms with E-state index in [1.807, 2.05) is 0 Å². The summed E-state index contributed by atoms with van der Waals surface area (Å²) in [5, 5.41) is 9.53. The molecule has 7 nitrogen and oxygen atoms in total. The average Bonchev–Trinajstić information content (AvgIpc) is 2.53. The van der Waals surface area contributed by atoms with Gasteiger partial charge in [-0.05, 0) is 30.3 Å². The summed E-state index contributed by atoms with van der Waals surface area (Å²) in [6.45, 7) is -0.136. The number of halogens is 1. The zero-order chi connectivity index (χ0) is 17.7. The van der Waals surface area contributed by atoms with Crippen molar-refractivity contribution in [2.75, 3.05) is 5.32 Å². The van der Waals surface area contributed by atoms with Crippen LogP contribution < -0.4 is 15.8 Å². The molecule has 0 bridgehead atoms. The predicted molar refractivity (Wildman–Crippen MR) is 84.7 cm³/mol. The van der Waals surface area contributed by atoms with Gasteiger partial charge in [-0.15, -0.1) is 0 Å². The highest BCUT2D eigenvalue weighted by atomic mass is 32.2. The molecule has 0 fully saturated rings. The third kappa shape index (κ3) is 4.61. The van der Waals surface area contributed by atoms with Gasteiger partial charge in [0, 0.05) is 17.8 Å². The summed E-state index contributed by atoms with van der Waals surface area (Å²) in [5.74, 6) is -2.40. The molecule has 0 saturated heterocycles. The van der Waals surface area contributed by atoms with Gasteiger partial charge in [0.1, 0.15) is 5.82 Å². The Morgan fingerprint density at radius 1 is 1.00 bits per heavy atom. The van der Waals surface area contributed by atoms with Gasteiger partial charge in [-0.1, -0.05) is 18.2 Å². The highest BCUT2D eigenvalue weighted by Crippen LogP contribution is 2.12. The van der Waals surface area contributed by atoms with Crippen molar-refractivity contribution in [2.45, 2.75) is 11.4 Å². The average molecular weight is 351 g/mol. The van der Waals surface area contributed by atoms with Crippen molar-refractivity contribution in [3.05, 3.63) is 59.9 Å². The van der Waals surface area contributed by atoms with Crippen molar-refractivity contribution in [3.63, 3.8) is 0 Å². The van der Waals surface area contributed by atoms with Crippen molar-refractivity contribution in [1.29, 1.82) is 0 Å². The van der Waals surface area contributed by atoms with Gasteiger partial charge in [0.25, 0.3) is 0 Å². The minimum Gasteiger partial charge on any atom is -0.344 e. The second-order valence-corrected chi connectivity index (χ2v) is 6.36. The lowest BCUT2D eigenvalue weighted by molar-refractivity contribution is -0.136. The first-order chi connectivity index (χ1) is 11.3. The number of hydrogen-bond donors (Lipinski definition) is 3. The van der Waals surface area contributed by atoms with E-state index in [0.717, 1.165) is 0 Å². The van der Waals surface area contributed by atoms with Crippen molar-refractivity contribution < 1.29 is 22.4 Å². The van der Waals surface area contributed by atoms with E-state index in [9.17, 15) is 22.4 Å². The molecule has 126 valence electrons. The standard InChI is InChI=1S/C15H14FN3O4S/c16-13-4-2-1-3-10(13)9-18-14(20)15(21)19-11-5-7-12(8-6-11)24(17,22)23/h1-8H,9H2,(H,18,20)(H,19,21)(H2,17,22,23). The van der Waals surface area contributed by atoms with E-state index in [-0.39, 0.29) is 22.7 Å². The predicted octanol–water partition coefficient (Wildman–Crippen LogP) is 0.728. The van der Waals surface area contributed by atoms with Crippen molar-refractivity contribution in [3.8, 4) is 0 Å². The van der Waals surface area contributed by atoms with E-state index < -0.39 is 27.7 Å². The molecule has 24 heavy (non-hydrogen) atoms. The van der Waals surface area contributed by atoms with Crippen LogP contribution >= 0.6 is 0 Å². The molecular weight excluding hydrogens is 337 g/mol. The molecule has 0 atom stereocenters. The number of carbonyl (C=O) groups excluding carboxylic acids is 2. The number of nitrogens with two attached hydrogens (primary N) is 1. The minimum atomic E-state index is -3.84. The molecule has 0 unspecified atom stereocenters. The summed E-state index contributed by atoms with van der Waals surface area (Å²) in [7, 11) is -3.84. The van der Waals surface area contributed by atoms with Gasteiger partial charge >= 0.3 is 11.8 Å². The SMILES string of the molecule is NS(=O)(=O)c1ccc(NC(=O)C(=O)NCc2ccccc2F)cc1. The van der Waals surface area contributed by atoms with Crippen LogP contribution in [0.25, 0.3) is 0 Å². The highest BCUT2D eigenvalue weighted by Gasteiger charge is 2.15. The number of amides is 2. The Labute approximate surface area is 137 Å². The van der Waals surface area contributed by atoms with Crippen LogP contribution in [0, 0.1) is 5.82 Å². The van der Waals surface area contributed by atoms with Gasteiger partial charge in [-0.3, -0.25) is 9.59 Å². The first-order valence-electron chi connectivity index (χ1n) is 6.73. The number of primary sulfonamides is 1. The Kier molecular flexibility index (Phi) is 5.27. The minimum absolute atomic E-state index is 0.121. The molecule has 0 heterocycles. The fraction of sp³-hybridized carbons (Fsp3) is 0.0667. The summed E-state index contributed by atoms with van der Waals surface area (Å²) < 4.78 is 35.6. The number of anilines is 1. The third-order valence-corrected chi connectivity index (χ3v) is 3.97. The topological polar surface area (TPSA) is 118 Å². The van der Waals surface area contributed by atoms with Gasteiger partial charge in [0.15, 0.2) is 0 Å². The zero-order valence-corrected chi connectivity index (χ0v) is 13.1. The molecule has 0 aromatic heterocycles. The number of hydrogen-bond acceptors (Lipinski definition) is 4. The summed E-state index contributed by atoms with van der Waals surface area (Å²) >= 11 is 0. The van der Waals surface area contributed by atoms with Crippen molar-refractivity contribution >= 4 is 27.5 Å². The molecule has 2 aromatic carbocycles. The van der Waals surface area contributed by atoms with Crippen LogP contribution in [0.3, 0.4) is 0 Å². The second kappa shape index (κ2) is 7.20. The van der Waals surface area contributed by atoms with Crippen LogP contribution in [-0.4, -0.2) is 20.2 Å². The van der Waals surface area contributed by atoms with Crippen LogP contribution in [0.1, 0.15) is 5.56 Å². The van der Waals surface area contributed by atoms with Crippen LogP contribution in [0.4, 0.5) is 10.1 Å². The molecule has 9 heteroatoms. The fourth-order valence-corrected chi connectivity index (χ4v) is 2.33. The molecular formula is C15H14FN3O4S. The lowest BCUT2D eigenvalue weighted by Gasteiger charge is -2.07. The van der Waals surface area contributed by atoms with Crippen LogP contribution in [-0.2, 0) is 26.2 Å². The smallest absolute Gasteiger partial charge is 0.313 e. The number of rotatable bonds is 4. The Balaban J connectivity index is 1.94. The number of carbonyl (C=O) groups is 2. The van der Waals surface area contributed by atoms with Crippen LogP contribution in [0.5, 0.6) is 0 Å². The molecule has 0 saturated carbocycles. The maximum absolute atomic E-state index is 13.4. The molecule has 0 radical (unpaired) electrons. The van der Waals surface area contributed by atoms with Crippen LogP contribution in [0.2, 0.25) is 0 Å². The fourth-order valence-electron chi connectivity index (χ4n) is 1.81. The van der Waals surface area contributed by atoms with E-state index in [0.29, 0.717) is 0 Å². The van der Waals surface area contributed by atoms with Crippen LogP contribution in [0.15, 0.2) is 53.4 Å². The lowest BCUT2D eigenvalue weighted by atomic mass is 10.2. The molecule has 0 aliphatic rings. The summed E-state index contributed by atoms with van der Waals surface area (Å²) in [6, 6.07) is 10.8. The van der Waals surface area contributed by atoms with Gasteiger partial charge in [0.2, 0.25) is 10.0 Å². The Bertz CT molecular complexity index is 867. The quantitative estimate of drug-likeness (QED) is 0.704. The van der Waals surface area contributed by atoms with Crippen molar-refractivity contribution in [1.82, 2.24) is 5.32 Å². The molecule has 0 aliphatic heterocycles. The molecule has 4 N–H and O–H groups in total. The van der Waals surface area contributed by atoms with Gasteiger partial charge < -0.3 is 10.6 Å².